The molecule has 0 bridgehead atoms. The van der Waals surface area contributed by atoms with Crippen molar-refractivity contribution < 1.29 is 9.59 Å². The molecule has 0 aliphatic rings. The molecule has 2 rings (SSSR count). The van der Waals surface area contributed by atoms with E-state index in [2.05, 4.69) is 16.0 Å². The molecule has 3 N–H and O–H groups in total. The summed E-state index contributed by atoms with van der Waals surface area (Å²) >= 11 is 5.98. The summed E-state index contributed by atoms with van der Waals surface area (Å²) in [5.41, 5.74) is 1.78. The van der Waals surface area contributed by atoms with E-state index in [1.807, 2.05) is 0 Å². The van der Waals surface area contributed by atoms with E-state index in [0.717, 1.165) is 0 Å². The maximum Gasteiger partial charge on any atom is 0.251 e. The number of anilines is 2. The predicted molar refractivity (Wildman–Crippen MR) is 88.4 cm³/mol. The maximum atomic E-state index is 11.9. The molecule has 2 amide bonds. The van der Waals surface area contributed by atoms with Crippen molar-refractivity contribution in [2.24, 2.45) is 0 Å². The van der Waals surface area contributed by atoms with Crippen LogP contribution in [-0.2, 0) is 4.79 Å². The van der Waals surface area contributed by atoms with Gasteiger partial charge in [0, 0.05) is 18.3 Å². The summed E-state index contributed by atoms with van der Waals surface area (Å²) < 4.78 is 0. The minimum atomic E-state index is -0.224. The summed E-state index contributed by atoms with van der Waals surface area (Å²) in [6.45, 7) is 0.0718. The monoisotopic (exact) mass is 317 g/mol. The van der Waals surface area contributed by atoms with Gasteiger partial charge in [0.05, 0.1) is 17.3 Å². The van der Waals surface area contributed by atoms with E-state index >= 15 is 0 Å². The van der Waals surface area contributed by atoms with Crippen molar-refractivity contribution in [3.63, 3.8) is 0 Å². The van der Waals surface area contributed by atoms with E-state index in [0.29, 0.717) is 22.0 Å². The van der Waals surface area contributed by atoms with Crippen LogP contribution in [0.25, 0.3) is 0 Å². The molecule has 2 aromatic rings. The highest BCUT2D eigenvalue weighted by atomic mass is 35.5. The van der Waals surface area contributed by atoms with E-state index in [9.17, 15) is 9.59 Å². The minimum absolute atomic E-state index is 0.0718. The number of para-hydroxylation sites is 1. The van der Waals surface area contributed by atoms with E-state index in [1.165, 1.54) is 0 Å². The average molecular weight is 318 g/mol. The lowest BCUT2D eigenvalue weighted by molar-refractivity contribution is -0.114. The Balaban J connectivity index is 1.94. The van der Waals surface area contributed by atoms with Crippen molar-refractivity contribution in [3.8, 4) is 0 Å². The molecule has 0 heterocycles. The van der Waals surface area contributed by atoms with Crippen LogP contribution in [0.1, 0.15) is 10.4 Å². The summed E-state index contributed by atoms with van der Waals surface area (Å²) in [6.07, 6.45) is 0. The largest absolute Gasteiger partial charge is 0.376 e. The first-order chi connectivity index (χ1) is 10.6. The number of amides is 2. The van der Waals surface area contributed by atoms with Crippen LogP contribution in [0.15, 0.2) is 48.5 Å². The molecule has 2 aromatic carbocycles. The van der Waals surface area contributed by atoms with Gasteiger partial charge in [-0.1, -0.05) is 29.8 Å². The Kier molecular flexibility index (Phi) is 5.38. The van der Waals surface area contributed by atoms with Crippen LogP contribution in [0.4, 0.5) is 11.4 Å². The second kappa shape index (κ2) is 7.47. The van der Waals surface area contributed by atoms with Crippen LogP contribution < -0.4 is 16.0 Å². The zero-order valence-corrected chi connectivity index (χ0v) is 12.8. The fourth-order valence-corrected chi connectivity index (χ4v) is 2.04. The summed E-state index contributed by atoms with van der Waals surface area (Å²) in [6, 6.07) is 13.9. The van der Waals surface area contributed by atoms with Gasteiger partial charge in [0.25, 0.3) is 5.91 Å². The fraction of sp³-hybridized carbons (Fsp3) is 0.125. The Morgan fingerprint density at radius 3 is 2.59 bits per heavy atom. The van der Waals surface area contributed by atoms with E-state index < -0.39 is 0 Å². The predicted octanol–water partition coefficient (Wildman–Crippen LogP) is 2.75. The van der Waals surface area contributed by atoms with Crippen molar-refractivity contribution in [1.82, 2.24) is 5.32 Å². The van der Waals surface area contributed by atoms with E-state index in [4.69, 9.17) is 11.6 Å². The van der Waals surface area contributed by atoms with Gasteiger partial charge in [-0.15, -0.1) is 0 Å². The lowest BCUT2D eigenvalue weighted by atomic mass is 10.2. The van der Waals surface area contributed by atoms with Gasteiger partial charge >= 0.3 is 0 Å². The first-order valence-electron chi connectivity index (χ1n) is 6.70. The molecule has 0 aliphatic heterocycles. The molecule has 0 aromatic heterocycles. The molecule has 22 heavy (non-hydrogen) atoms. The van der Waals surface area contributed by atoms with Crippen molar-refractivity contribution in [2.75, 3.05) is 24.2 Å². The molecule has 0 fully saturated rings. The molecule has 0 radical (unpaired) electrons. The molecular weight excluding hydrogens is 302 g/mol. The first kappa shape index (κ1) is 15.9. The smallest absolute Gasteiger partial charge is 0.251 e. The highest BCUT2D eigenvalue weighted by Gasteiger charge is 2.07. The SMILES string of the molecule is CNC(=O)c1cccc(NCC(=O)Nc2ccccc2Cl)c1. The highest BCUT2D eigenvalue weighted by Crippen LogP contribution is 2.20. The maximum absolute atomic E-state index is 11.9. The third kappa shape index (κ3) is 4.23. The second-order valence-corrected chi connectivity index (χ2v) is 4.95. The number of benzene rings is 2. The van der Waals surface area contributed by atoms with Crippen molar-refractivity contribution in [3.05, 3.63) is 59.1 Å². The standard InChI is InChI=1S/C16H16ClN3O2/c1-18-16(22)11-5-4-6-12(9-11)19-10-15(21)20-14-8-3-2-7-13(14)17/h2-9,19H,10H2,1H3,(H,18,22)(H,20,21). The lowest BCUT2D eigenvalue weighted by Crippen LogP contribution is -2.22. The average Bonchev–Trinajstić information content (AvgIpc) is 2.54. The van der Waals surface area contributed by atoms with Gasteiger partial charge in [-0.3, -0.25) is 9.59 Å². The van der Waals surface area contributed by atoms with Crippen molar-refractivity contribution in [1.29, 1.82) is 0 Å². The lowest BCUT2D eigenvalue weighted by Gasteiger charge is -2.09. The van der Waals surface area contributed by atoms with Crippen LogP contribution in [0.3, 0.4) is 0 Å². The molecule has 6 heteroatoms. The molecule has 5 nitrogen and oxygen atoms in total. The Morgan fingerprint density at radius 2 is 1.86 bits per heavy atom. The Labute approximate surface area is 133 Å². The van der Waals surface area contributed by atoms with Crippen molar-refractivity contribution >= 4 is 34.8 Å². The summed E-state index contributed by atoms with van der Waals surface area (Å²) in [5, 5.41) is 8.72. The Hall–Kier alpha value is -2.53. The zero-order valence-electron chi connectivity index (χ0n) is 12.0. The van der Waals surface area contributed by atoms with Gasteiger partial charge < -0.3 is 16.0 Å². The van der Waals surface area contributed by atoms with Crippen LogP contribution in [0.5, 0.6) is 0 Å². The number of carbonyl (C=O) groups is 2. The van der Waals surface area contributed by atoms with E-state index in [-0.39, 0.29) is 18.4 Å². The molecule has 0 aliphatic carbocycles. The van der Waals surface area contributed by atoms with Gasteiger partial charge in [-0.05, 0) is 30.3 Å². The molecular formula is C16H16ClN3O2. The molecule has 0 atom stereocenters. The van der Waals surface area contributed by atoms with Crippen LogP contribution in [0.2, 0.25) is 5.02 Å². The minimum Gasteiger partial charge on any atom is -0.376 e. The topological polar surface area (TPSA) is 70.2 Å². The fourth-order valence-electron chi connectivity index (χ4n) is 1.85. The first-order valence-corrected chi connectivity index (χ1v) is 7.08. The van der Waals surface area contributed by atoms with Gasteiger partial charge in [0.15, 0.2) is 0 Å². The van der Waals surface area contributed by atoms with Crippen LogP contribution in [0, 0.1) is 0 Å². The number of hydrogen-bond donors (Lipinski definition) is 3. The molecule has 114 valence electrons. The number of hydrogen-bond acceptors (Lipinski definition) is 3. The second-order valence-electron chi connectivity index (χ2n) is 4.54. The van der Waals surface area contributed by atoms with Gasteiger partial charge in [-0.25, -0.2) is 0 Å². The molecule has 0 saturated carbocycles. The molecule has 0 spiro atoms. The van der Waals surface area contributed by atoms with Crippen LogP contribution in [-0.4, -0.2) is 25.4 Å². The zero-order chi connectivity index (χ0) is 15.9. The number of nitrogens with one attached hydrogen (secondary N) is 3. The van der Waals surface area contributed by atoms with E-state index in [1.54, 1.807) is 55.6 Å². The van der Waals surface area contributed by atoms with Crippen LogP contribution >= 0.6 is 11.6 Å². The van der Waals surface area contributed by atoms with Gasteiger partial charge in [0.1, 0.15) is 0 Å². The third-order valence-electron chi connectivity index (χ3n) is 2.95. The highest BCUT2D eigenvalue weighted by molar-refractivity contribution is 6.33. The summed E-state index contributed by atoms with van der Waals surface area (Å²) in [4.78, 5) is 23.5. The summed E-state index contributed by atoms with van der Waals surface area (Å²) in [7, 11) is 1.57. The normalized spacial score (nSPS) is 9.91. The third-order valence-corrected chi connectivity index (χ3v) is 3.28. The summed E-state index contributed by atoms with van der Waals surface area (Å²) in [5.74, 6) is -0.400. The Morgan fingerprint density at radius 1 is 1.09 bits per heavy atom. The van der Waals surface area contributed by atoms with Crippen molar-refractivity contribution in [2.45, 2.75) is 0 Å². The Bertz CT molecular complexity index is 689. The quantitative estimate of drug-likeness (QED) is 0.794. The van der Waals surface area contributed by atoms with Gasteiger partial charge in [-0.2, -0.15) is 0 Å². The molecule has 0 saturated heterocycles. The number of halogens is 1. The number of rotatable bonds is 5. The number of carbonyl (C=O) groups excluding carboxylic acids is 2. The molecule has 0 unspecified atom stereocenters. The van der Waals surface area contributed by atoms with Gasteiger partial charge in [0.2, 0.25) is 5.91 Å².